The molecule has 5 nitrogen and oxygen atoms in total. The summed E-state index contributed by atoms with van der Waals surface area (Å²) in [7, 11) is 0. The fourth-order valence-corrected chi connectivity index (χ4v) is 1.05. The van der Waals surface area contributed by atoms with Gasteiger partial charge >= 0.3 is 0 Å². The van der Waals surface area contributed by atoms with Crippen LogP contribution in [-0.4, -0.2) is 15.9 Å². The Bertz CT molecular complexity index is 336. The molecular weight excluding hydrogens is 170 g/mol. The Labute approximate surface area is 74.9 Å². The SMILES string of the molecule is O=[N+]([O-])c1ccnc(NC2CC2)c1. The van der Waals surface area contributed by atoms with E-state index in [9.17, 15) is 10.1 Å². The van der Waals surface area contributed by atoms with Crippen molar-refractivity contribution in [2.24, 2.45) is 0 Å². The van der Waals surface area contributed by atoms with Gasteiger partial charge in [-0.1, -0.05) is 0 Å². The van der Waals surface area contributed by atoms with E-state index in [1.54, 1.807) is 0 Å². The van der Waals surface area contributed by atoms with Crippen LogP contribution in [0.5, 0.6) is 0 Å². The molecular formula is C8H9N3O2. The molecule has 2 rings (SSSR count). The maximum absolute atomic E-state index is 10.4. The fraction of sp³-hybridized carbons (Fsp3) is 0.375. The van der Waals surface area contributed by atoms with Crippen LogP contribution < -0.4 is 5.32 Å². The molecule has 1 fully saturated rings. The van der Waals surface area contributed by atoms with Gasteiger partial charge in [0.15, 0.2) is 0 Å². The number of nitrogens with one attached hydrogen (secondary N) is 1. The molecule has 1 aromatic heterocycles. The van der Waals surface area contributed by atoms with Gasteiger partial charge in [0.2, 0.25) is 0 Å². The number of nitrogens with zero attached hydrogens (tertiary/aromatic N) is 2. The number of pyridine rings is 1. The van der Waals surface area contributed by atoms with Gasteiger partial charge in [0, 0.05) is 18.3 Å². The Kier molecular flexibility index (Phi) is 1.84. The number of nitro groups is 1. The van der Waals surface area contributed by atoms with Crippen molar-refractivity contribution in [1.29, 1.82) is 0 Å². The Morgan fingerprint density at radius 1 is 1.62 bits per heavy atom. The van der Waals surface area contributed by atoms with E-state index in [0.29, 0.717) is 11.9 Å². The summed E-state index contributed by atoms with van der Waals surface area (Å²) in [6.45, 7) is 0. The molecule has 1 aliphatic carbocycles. The molecule has 0 unspecified atom stereocenters. The quantitative estimate of drug-likeness (QED) is 0.564. The molecule has 1 aromatic rings. The zero-order valence-electron chi connectivity index (χ0n) is 6.93. The van der Waals surface area contributed by atoms with Crippen molar-refractivity contribution in [2.75, 3.05) is 5.32 Å². The van der Waals surface area contributed by atoms with E-state index in [1.165, 1.54) is 18.3 Å². The van der Waals surface area contributed by atoms with E-state index >= 15 is 0 Å². The minimum absolute atomic E-state index is 0.0816. The van der Waals surface area contributed by atoms with E-state index in [4.69, 9.17) is 0 Å². The Hall–Kier alpha value is -1.65. The summed E-state index contributed by atoms with van der Waals surface area (Å²) >= 11 is 0. The standard InChI is InChI=1S/C8H9N3O2/c12-11(13)7-3-4-9-8(5-7)10-6-1-2-6/h3-6H,1-2H2,(H,9,10). The summed E-state index contributed by atoms with van der Waals surface area (Å²) < 4.78 is 0. The van der Waals surface area contributed by atoms with Crippen molar-refractivity contribution in [3.05, 3.63) is 28.4 Å². The summed E-state index contributed by atoms with van der Waals surface area (Å²) in [6.07, 6.45) is 3.71. The van der Waals surface area contributed by atoms with Crippen molar-refractivity contribution < 1.29 is 4.92 Å². The maximum Gasteiger partial charge on any atom is 0.274 e. The van der Waals surface area contributed by atoms with Gasteiger partial charge in [0.05, 0.1) is 11.0 Å². The van der Waals surface area contributed by atoms with E-state index in [1.807, 2.05) is 0 Å². The Morgan fingerprint density at radius 3 is 3.00 bits per heavy atom. The lowest BCUT2D eigenvalue weighted by molar-refractivity contribution is -0.384. The number of hydrogen-bond donors (Lipinski definition) is 1. The van der Waals surface area contributed by atoms with Gasteiger partial charge in [-0.3, -0.25) is 10.1 Å². The van der Waals surface area contributed by atoms with Gasteiger partial charge in [-0.15, -0.1) is 0 Å². The number of hydrogen-bond acceptors (Lipinski definition) is 4. The summed E-state index contributed by atoms with van der Waals surface area (Å²) in [4.78, 5) is 14.0. The molecule has 0 aliphatic heterocycles. The van der Waals surface area contributed by atoms with Crippen molar-refractivity contribution in [1.82, 2.24) is 4.98 Å². The number of anilines is 1. The molecule has 68 valence electrons. The highest BCUT2D eigenvalue weighted by molar-refractivity contribution is 5.45. The molecule has 5 heteroatoms. The first-order valence-corrected chi connectivity index (χ1v) is 4.13. The van der Waals surface area contributed by atoms with Gasteiger partial charge in [0.1, 0.15) is 5.82 Å². The van der Waals surface area contributed by atoms with E-state index in [-0.39, 0.29) is 5.69 Å². The van der Waals surface area contributed by atoms with E-state index in [0.717, 1.165) is 12.8 Å². The molecule has 1 saturated carbocycles. The molecule has 0 bridgehead atoms. The van der Waals surface area contributed by atoms with Crippen LogP contribution in [-0.2, 0) is 0 Å². The van der Waals surface area contributed by atoms with Crippen LogP contribution in [0.15, 0.2) is 18.3 Å². The van der Waals surface area contributed by atoms with Crippen LogP contribution in [0.1, 0.15) is 12.8 Å². The lowest BCUT2D eigenvalue weighted by Gasteiger charge is -2.01. The Morgan fingerprint density at radius 2 is 2.38 bits per heavy atom. The summed E-state index contributed by atoms with van der Waals surface area (Å²) in [5.74, 6) is 0.594. The van der Waals surface area contributed by atoms with Crippen molar-refractivity contribution in [2.45, 2.75) is 18.9 Å². The second-order valence-electron chi connectivity index (χ2n) is 3.08. The monoisotopic (exact) mass is 179 g/mol. The molecule has 1 N–H and O–H groups in total. The fourth-order valence-electron chi connectivity index (χ4n) is 1.05. The summed E-state index contributed by atoms with van der Waals surface area (Å²) in [6, 6.07) is 3.31. The van der Waals surface area contributed by atoms with Crippen LogP contribution in [0.2, 0.25) is 0 Å². The van der Waals surface area contributed by atoms with Crippen molar-refractivity contribution in [3.8, 4) is 0 Å². The molecule has 0 aromatic carbocycles. The highest BCUT2D eigenvalue weighted by atomic mass is 16.6. The minimum Gasteiger partial charge on any atom is -0.367 e. The molecule has 0 spiro atoms. The minimum atomic E-state index is -0.417. The van der Waals surface area contributed by atoms with Crippen molar-refractivity contribution >= 4 is 11.5 Å². The second-order valence-corrected chi connectivity index (χ2v) is 3.08. The summed E-state index contributed by atoms with van der Waals surface area (Å²) in [5, 5.41) is 13.5. The van der Waals surface area contributed by atoms with Gasteiger partial charge in [-0.05, 0) is 12.8 Å². The summed E-state index contributed by atoms with van der Waals surface area (Å²) in [5.41, 5.74) is 0.0816. The van der Waals surface area contributed by atoms with Gasteiger partial charge in [-0.2, -0.15) is 0 Å². The molecule has 0 atom stereocenters. The largest absolute Gasteiger partial charge is 0.367 e. The van der Waals surface area contributed by atoms with Crippen LogP contribution in [0.3, 0.4) is 0 Å². The third kappa shape index (κ3) is 1.93. The average Bonchev–Trinajstić information content (AvgIpc) is 2.89. The lowest BCUT2D eigenvalue weighted by atomic mass is 10.4. The smallest absolute Gasteiger partial charge is 0.274 e. The zero-order chi connectivity index (χ0) is 9.26. The van der Waals surface area contributed by atoms with Crippen LogP contribution >= 0.6 is 0 Å². The van der Waals surface area contributed by atoms with Crippen LogP contribution in [0, 0.1) is 10.1 Å². The maximum atomic E-state index is 10.4. The number of rotatable bonds is 3. The highest BCUT2D eigenvalue weighted by Crippen LogP contribution is 2.24. The van der Waals surface area contributed by atoms with Gasteiger partial charge in [0.25, 0.3) is 5.69 Å². The average molecular weight is 179 g/mol. The molecule has 13 heavy (non-hydrogen) atoms. The van der Waals surface area contributed by atoms with Crippen molar-refractivity contribution in [3.63, 3.8) is 0 Å². The van der Waals surface area contributed by atoms with Crippen LogP contribution in [0.4, 0.5) is 11.5 Å². The first kappa shape index (κ1) is 7.97. The third-order valence-electron chi connectivity index (χ3n) is 1.88. The Balaban J connectivity index is 2.15. The van der Waals surface area contributed by atoms with Gasteiger partial charge in [-0.25, -0.2) is 4.98 Å². The molecule has 0 amide bonds. The molecule has 1 aliphatic rings. The first-order valence-electron chi connectivity index (χ1n) is 4.13. The van der Waals surface area contributed by atoms with Gasteiger partial charge < -0.3 is 5.32 Å². The molecule has 0 saturated heterocycles. The molecule has 0 radical (unpaired) electrons. The predicted molar refractivity (Wildman–Crippen MR) is 47.5 cm³/mol. The second kappa shape index (κ2) is 3.01. The van der Waals surface area contributed by atoms with E-state index < -0.39 is 4.92 Å². The van der Waals surface area contributed by atoms with Crippen LogP contribution in [0.25, 0.3) is 0 Å². The normalized spacial score (nSPS) is 15.4. The van der Waals surface area contributed by atoms with E-state index in [2.05, 4.69) is 10.3 Å². The predicted octanol–water partition coefficient (Wildman–Crippen LogP) is 1.56. The molecule has 1 heterocycles. The lowest BCUT2D eigenvalue weighted by Crippen LogP contribution is -2.03. The zero-order valence-corrected chi connectivity index (χ0v) is 6.93. The topological polar surface area (TPSA) is 68.1 Å². The highest BCUT2D eigenvalue weighted by Gasteiger charge is 2.21. The first-order chi connectivity index (χ1) is 6.25. The number of aromatic nitrogens is 1. The third-order valence-corrected chi connectivity index (χ3v) is 1.88.